The van der Waals surface area contributed by atoms with Gasteiger partial charge in [-0.3, -0.25) is 0 Å². The van der Waals surface area contributed by atoms with Crippen LogP contribution < -0.4 is 5.73 Å². The van der Waals surface area contributed by atoms with Gasteiger partial charge < -0.3 is 10.5 Å². The molecule has 0 amide bonds. The highest BCUT2D eigenvalue weighted by Gasteiger charge is 2.38. The normalized spacial score (nSPS) is 18.8. The van der Waals surface area contributed by atoms with Crippen LogP contribution in [0.25, 0.3) is 0 Å². The van der Waals surface area contributed by atoms with Gasteiger partial charge in [0.15, 0.2) is 0 Å². The highest BCUT2D eigenvalue weighted by atomic mass is 32.1. The molecular weight excluding hydrogens is 210 g/mol. The van der Waals surface area contributed by atoms with Crippen molar-refractivity contribution >= 4 is 11.3 Å². The van der Waals surface area contributed by atoms with Crippen molar-refractivity contribution in [3.8, 4) is 0 Å². The number of hydrogen-bond acceptors (Lipinski definition) is 5. The predicted octanol–water partition coefficient (Wildman–Crippen LogP) is 1.15. The van der Waals surface area contributed by atoms with Gasteiger partial charge >= 0.3 is 0 Å². The number of nitrogens with zero attached hydrogens (tertiary/aromatic N) is 2. The minimum atomic E-state index is 0.0551. The number of hydrogen-bond donors (Lipinski definition) is 1. The lowest BCUT2D eigenvalue weighted by Gasteiger charge is -2.39. The summed E-state index contributed by atoms with van der Waals surface area (Å²) in [7, 11) is 1.79. The third kappa shape index (κ3) is 2.35. The van der Waals surface area contributed by atoms with E-state index < -0.39 is 0 Å². The van der Waals surface area contributed by atoms with Crippen molar-refractivity contribution in [1.29, 1.82) is 0 Å². The molecule has 0 bridgehead atoms. The molecule has 0 spiro atoms. The summed E-state index contributed by atoms with van der Waals surface area (Å²) in [6.45, 7) is 0.643. The van der Waals surface area contributed by atoms with Crippen LogP contribution in [0.15, 0.2) is 0 Å². The summed E-state index contributed by atoms with van der Waals surface area (Å²) in [5, 5.41) is 10.4. The fourth-order valence-corrected chi connectivity index (χ4v) is 2.87. The van der Waals surface area contributed by atoms with Crippen molar-refractivity contribution < 1.29 is 4.74 Å². The van der Waals surface area contributed by atoms with Crippen molar-refractivity contribution in [3.63, 3.8) is 0 Å². The second kappa shape index (κ2) is 4.55. The zero-order valence-electron chi connectivity index (χ0n) is 9.03. The first-order chi connectivity index (χ1) is 7.28. The maximum Gasteiger partial charge on any atom is 0.120 e. The minimum Gasteiger partial charge on any atom is -0.378 e. The predicted molar refractivity (Wildman–Crippen MR) is 60.0 cm³/mol. The standard InChI is InChI=1S/C10H17N3OS/c1-14-10(4-2-5-10)7-9-13-12-8(15-9)3-6-11/h2-7,11H2,1H3. The van der Waals surface area contributed by atoms with Crippen molar-refractivity contribution in [2.45, 2.75) is 37.7 Å². The van der Waals surface area contributed by atoms with Gasteiger partial charge in [-0.2, -0.15) is 0 Å². The van der Waals surface area contributed by atoms with E-state index in [1.165, 1.54) is 6.42 Å². The van der Waals surface area contributed by atoms with Gasteiger partial charge in [-0.05, 0) is 25.8 Å². The number of methoxy groups -OCH3 is 1. The maximum absolute atomic E-state index is 5.56. The van der Waals surface area contributed by atoms with Crippen molar-refractivity contribution in [2.75, 3.05) is 13.7 Å². The SMILES string of the molecule is COC1(Cc2nnc(CCN)s2)CCC1. The van der Waals surface area contributed by atoms with Gasteiger partial charge in [-0.25, -0.2) is 0 Å². The van der Waals surface area contributed by atoms with E-state index in [2.05, 4.69) is 10.2 Å². The zero-order valence-corrected chi connectivity index (χ0v) is 9.85. The van der Waals surface area contributed by atoms with E-state index >= 15 is 0 Å². The molecule has 0 saturated heterocycles. The Morgan fingerprint density at radius 1 is 1.40 bits per heavy atom. The summed E-state index contributed by atoms with van der Waals surface area (Å²) in [4.78, 5) is 0. The first kappa shape index (κ1) is 11.0. The molecule has 1 fully saturated rings. The molecular formula is C10H17N3OS. The van der Waals surface area contributed by atoms with Crippen LogP contribution >= 0.6 is 11.3 Å². The Kier molecular flexibility index (Phi) is 3.33. The van der Waals surface area contributed by atoms with Crippen molar-refractivity contribution in [3.05, 3.63) is 10.0 Å². The minimum absolute atomic E-state index is 0.0551. The van der Waals surface area contributed by atoms with E-state index in [0.29, 0.717) is 6.54 Å². The van der Waals surface area contributed by atoms with E-state index in [0.717, 1.165) is 35.7 Å². The van der Waals surface area contributed by atoms with Gasteiger partial charge in [0.25, 0.3) is 0 Å². The molecule has 1 aromatic rings. The Bertz CT molecular complexity index is 317. The zero-order chi connectivity index (χ0) is 10.7. The quantitative estimate of drug-likeness (QED) is 0.819. The summed E-state index contributed by atoms with van der Waals surface area (Å²) in [6, 6.07) is 0. The number of ether oxygens (including phenoxy) is 1. The Balaban J connectivity index is 1.97. The van der Waals surface area contributed by atoms with Gasteiger partial charge in [0.1, 0.15) is 10.0 Å². The van der Waals surface area contributed by atoms with E-state index in [9.17, 15) is 0 Å². The molecule has 2 rings (SSSR count). The first-order valence-electron chi connectivity index (χ1n) is 5.34. The van der Waals surface area contributed by atoms with Crippen LogP contribution in [0.3, 0.4) is 0 Å². The molecule has 2 N–H and O–H groups in total. The maximum atomic E-state index is 5.56. The van der Waals surface area contributed by atoms with Gasteiger partial charge in [-0.15, -0.1) is 21.5 Å². The van der Waals surface area contributed by atoms with Crippen molar-refractivity contribution in [2.24, 2.45) is 5.73 Å². The van der Waals surface area contributed by atoms with Crippen LogP contribution in [-0.2, 0) is 17.6 Å². The summed E-state index contributed by atoms with van der Waals surface area (Å²) in [5.41, 5.74) is 5.53. The smallest absolute Gasteiger partial charge is 0.120 e. The monoisotopic (exact) mass is 227 g/mol. The summed E-state index contributed by atoms with van der Waals surface area (Å²) in [6.07, 6.45) is 5.30. The molecule has 1 aromatic heterocycles. The van der Waals surface area contributed by atoms with E-state index in [4.69, 9.17) is 10.5 Å². The molecule has 1 aliphatic rings. The Labute approximate surface area is 93.8 Å². The highest BCUT2D eigenvalue weighted by molar-refractivity contribution is 7.11. The largest absolute Gasteiger partial charge is 0.378 e. The van der Waals surface area contributed by atoms with Crippen molar-refractivity contribution in [1.82, 2.24) is 10.2 Å². The molecule has 15 heavy (non-hydrogen) atoms. The Hall–Kier alpha value is -0.520. The fourth-order valence-electron chi connectivity index (χ4n) is 1.88. The lowest BCUT2D eigenvalue weighted by Crippen LogP contribution is -2.41. The summed E-state index contributed by atoms with van der Waals surface area (Å²) in [5.74, 6) is 0. The molecule has 84 valence electrons. The number of nitrogens with two attached hydrogens (primary N) is 1. The average molecular weight is 227 g/mol. The molecule has 0 atom stereocenters. The third-order valence-electron chi connectivity index (χ3n) is 3.04. The molecule has 1 aliphatic carbocycles. The summed E-state index contributed by atoms with van der Waals surface area (Å²) >= 11 is 1.67. The molecule has 0 aliphatic heterocycles. The molecule has 1 heterocycles. The Morgan fingerprint density at radius 3 is 2.67 bits per heavy atom. The van der Waals surface area contributed by atoms with Crippen LogP contribution in [0.5, 0.6) is 0 Å². The molecule has 0 unspecified atom stereocenters. The average Bonchev–Trinajstić information content (AvgIpc) is 2.60. The molecule has 0 radical (unpaired) electrons. The van der Waals surface area contributed by atoms with E-state index in [1.807, 2.05) is 0 Å². The lowest BCUT2D eigenvalue weighted by molar-refractivity contribution is -0.0709. The second-order valence-electron chi connectivity index (χ2n) is 4.05. The second-order valence-corrected chi connectivity index (χ2v) is 5.19. The first-order valence-corrected chi connectivity index (χ1v) is 6.16. The molecule has 4 nitrogen and oxygen atoms in total. The van der Waals surface area contributed by atoms with Gasteiger partial charge in [-0.1, -0.05) is 0 Å². The highest BCUT2D eigenvalue weighted by Crippen LogP contribution is 2.38. The fraction of sp³-hybridized carbons (Fsp3) is 0.800. The van der Waals surface area contributed by atoms with Crippen LogP contribution in [0.4, 0.5) is 0 Å². The van der Waals surface area contributed by atoms with Crippen LogP contribution in [-0.4, -0.2) is 29.5 Å². The molecule has 5 heteroatoms. The van der Waals surface area contributed by atoms with Gasteiger partial charge in [0.05, 0.1) is 5.60 Å². The van der Waals surface area contributed by atoms with E-state index in [1.54, 1.807) is 18.4 Å². The van der Waals surface area contributed by atoms with Crippen LogP contribution in [0.1, 0.15) is 29.3 Å². The van der Waals surface area contributed by atoms with Crippen LogP contribution in [0, 0.1) is 0 Å². The Morgan fingerprint density at radius 2 is 2.13 bits per heavy atom. The van der Waals surface area contributed by atoms with Crippen LogP contribution in [0.2, 0.25) is 0 Å². The lowest BCUT2D eigenvalue weighted by atomic mass is 9.78. The number of rotatable bonds is 5. The molecule has 1 saturated carbocycles. The van der Waals surface area contributed by atoms with Gasteiger partial charge in [0.2, 0.25) is 0 Å². The number of aromatic nitrogens is 2. The topological polar surface area (TPSA) is 61.0 Å². The van der Waals surface area contributed by atoms with Gasteiger partial charge in [0, 0.05) is 20.0 Å². The third-order valence-corrected chi connectivity index (χ3v) is 4.02. The molecule has 0 aromatic carbocycles. The van der Waals surface area contributed by atoms with E-state index in [-0.39, 0.29) is 5.60 Å². The summed E-state index contributed by atoms with van der Waals surface area (Å²) < 4.78 is 5.56.